The molecule has 2 rings (SSSR count). The van der Waals surface area contributed by atoms with Crippen molar-refractivity contribution < 1.29 is 9.13 Å². The molecular weight excluding hydrogens is 229 g/mol. The molecule has 1 fully saturated rings. The Kier molecular flexibility index (Phi) is 4.72. The van der Waals surface area contributed by atoms with Crippen LogP contribution in [0.2, 0.25) is 0 Å². The van der Waals surface area contributed by atoms with Gasteiger partial charge in [0.1, 0.15) is 5.82 Å². The van der Waals surface area contributed by atoms with Crippen LogP contribution in [0.25, 0.3) is 0 Å². The van der Waals surface area contributed by atoms with E-state index >= 15 is 0 Å². The minimum Gasteiger partial charge on any atom is -0.379 e. The fourth-order valence-corrected chi connectivity index (χ4v) is 2.51. The second kappa shape index (κ2) is 6.30. The largest absolute Gasteiger partial charge is 0.379 e. The number of morpholine rings is 1. The van der Waals surface area contributed by atoms with Crippen LogP contribution in [-0.4, -0.2) is 37.7 Å². The Morgan fingerprint density at radius 2 is 1.78 bits per heavy atom. The minimum atomic E-state index is -0.0630. The number of hydrogen-bond donors (Lipinski definition) is 0. The lowest BCUT2D eigenvalue weighted by atomic mass is 10.0. The summed E-state index contributed by atoms with van der Waals surface area (Å²) in [5, 5.41) is 0. The maximum atomic E-state index is 13.5. The lowest BCUT2D eigenvalue weighted by Crippen LogP contribution is -2.36. The molecule has 0 aliphatic carbocycles. The quantitative estimate of drug-likeness (QED) is 0.816. The van der Waals surface area contributed by atoms with Crippen LogP contribution >= 0.6 is 0 Å². The Balaban J connectivity index is 1.82. The zero-order valence-electron chi connectivity index (χ0n) is 11.3. The van der Waals surface area contributed by atoms with E-state index in [-0.39, 0.29) is 5.82 Å². The molecule has 0 N–H and O–H groups in total. The highest BCUT2D eigenvalue weighted by atomic mass is 19.1. The van der Waals surface area contributed by atoms with Gasteiger partial charge in [0.05, 0.1) is 13.2 Å². The van der Waals surface area contributed by atoms with E-state index in [0.29, 0.717) is 0 Å². The predicted molar refractivity (Wildman–Crippen MR) is 71.5 cm³/mol. The molecule has 1 aromatic rings. The minimum absolute atomic E-state index is 0.0630. The molecule has 0 atom stereocenters. The van der Waals surface area contributed by atoms with E-state index in [4.69, 9.17) is 4.74 Å². The average Bonchev–Trinajstić information content (AvgIpc) is 2.37. The number of benzene rings is 1. The highest BCUT2D eigenvalue weighted by Gasteiger charge is 2.10. The van der Waals surface area contributed by atoms with Gasteiger partial charge in [-0.05, 0) is 49.9 Å². The van der Waals surface area contributed by atoms with Crippen LogP contribution in [0, 0.1) is 19.7 Å². The van der Waals surface area contributed by atoms with Gasteiger partial charge in [-0.25, -0.2) is 4.39 Å². The maximum Gasteiger partial charge on any atom is 0.129 e. The summed E-state index contributed by atoms with van der Waals surface area (Å²) in [6.07, 6.45) is 2.16. The van der Waals surface area contributed by atoms with Crippen molar-refractivity contribution in [2.75, 3.05) is 32.8 Å². The normalized spacial score (nSPS) is 17.1. The summed E-state index contributed by atoms with van der Waals surface area (Å²) < 4.78 is 18.8. The Hall–Kier alpha value is -0.930. The fraction of sp³-hybridized carbons (Fsp3) is 0.600. The van der Waals surface area contributed by atoms with Crippen LogP contribution in [0.3, 0.4) is 0 Å². The Bertz CT molecular complexity index is 376. The van der Waals surface area contributed by atoms with Crippen LogP contribution in [0.5, 0.6) is 0 Å². The molecule has 0 amide bonds. The second-order valence-electron chi connectivity index (χ2n) is 5.10. The third-order valence-electron chi connectivity index (χ3n) is 3.54. The van der Waals surface area contributed by atoms with Crippen molar-refractivity contribution in [3.05, 3.63) is 34.6 Å². The van der Waals surface area contributed by atoms with Crippen molar-refractivity contribution in [3.8, 4) is 0 Å². The molecule has 0 radical (unpaired) electrons. The SMILES string of the molecule is Cc1cc(CCCN2CCOCC2)cc(C)c1F. The number of rotatable bonds is 4. The summed E-state index contributed by atoms with van der Waals surface area (Å²) >= 11 is 0. The van der Waals surface area contributed by atoms with E-state index in [9.17, 15) is 4.39 Å². The van der Waals surface area contributed by atoms with Gasteiger partial charge in [-0.1, -0.05) is 12.1 Å². The lowest BCUT2D eigenvalue weighted by Gasteiger charge is -2.26. The smallest absolute Gasteiger partial charge is 0.129 e. The van der Waals surface area contributed by atoms with Gasteiger partial charge in [-0.2, -0.15) is 0 Å². The standard InChI is InChI=1S/C15H22FNO/c1-12-10-14(11-13(2)15(12)16)4-3-5-17-6-8-18-9-7-17/h10-11H,3-9H2,1-2H3. The molecule has 0 spiro atoms. The fourth-order valence-electron chi connectivity index (χ4n) is 2.51. The van der Waals surface area contributed by atoms with E-state index < -0.39 is 0 Å². The summed E-state index contributed by atoms with van der Waals surface area (Å²) in [7, 11) is 0. The van der Waals surface area contributed by atoms with Crippen molar-refractivity contribution in [2.24, 2.45) is 0 Å². The van der Waals surface area contributed by atoms with Crippen molar-refractivity contribution in [3.63, 3.8) is 0 Å². The highest BCUT2D eigenvalue weighted by molar-refractivity contribution is 5.30. The number of hydrogen-bond acceptors (Lipinski definition) is 2. The first-order valence-electron chi connectivity index (χ1n) is 6.72. The van der Waals surface area contributed by atoms with Gasteiger partial charge in [0, 0.05) is 13.1 Å². The van der Waals surface area contributed by atoms with Crippen molar-refractivity contribution in [2.45, 2.75) is 26.7 Å². The zero-order chi connectivity index (χ0) is 13.0. The van der Waals surface area contributed by atoms with Crippen LogP contribution in [0.15, 0.2) is 12.1 Å². The molecule has 100 valence electrons. The van der Waals surface area contributed by atoms with Crippen LogP contribution in [0.4, 0.5) is 4.39 Å². The number of nitrogens with zero attached hydrogens (tertiary/aromatic N) is 1. The predicted octanol–water partition coefficient (Wildman–Crippen LogP) is 2.71. The molecule has 2 nitrogen and oxygen atoms in total. The van der Waals surface area contributed by atoms with Gasteiger partial charge >= 0.3 is 0 Å². The third-order valence-corrected chi connectivity index (χ3v) is 3.54. The Morgan fingerprint density at radius 1 is 1.17 bits per heavy atom. The van der Waals surface area contributed by atoms with Gasteiger partial charge in [0.25, 0.3) is 0 Å². The molecule has 1 saturated heterocycles. The topological polar surface area (TPSA) is 12.5 Å². The van der Waals surface area contributed by atoms with Crippen LogP contribution in [-0.2, 0) is 11.2 Å². The lowest BCUT2D eigenvalue weighted by molar-refractivity contribution is 0.0374. The summed E-state index contributed by atoms with van der Waals surface area (Å²) in [6, 6.07) is 3.95. The first-order valence-corrected chi connectivity index (χ1v) is 6.72. The average molecular weight is 251 g/mol. The van der Waals surface area contributed by atoms with Crippen molar-refractivity contribution in [1.29, 1.82) is 0 Å². The van der Waals surface area contributed by atoms with Crippen molar-refractivity contribution >= 4 is 0 Å². The van der Waals surface area contributed by atoms with Gasteiger partial charge < -0.3 is 4.74 Å². The molecular formula is C15H22FNO. The summed E-state index contributed by atoms with van der Waals surface area (Å²) in [6.45, 7) is 8.59. The van der Waals surface area contributed by atoms with Crippen LogP contribution in [0.1, 0.15) is 23.1 Å². The molecule has 0 bridgehead atoms. The third kappa shape index (κ3) is 3.53. The molecule has 1 aromatic carbocycles. The number of aryl methyl sites for hydroxylation is 3. The Morgan fingerprint density at radius 3 is 2.39 bits per heavy atom. The van der Waals surface area contributed by atoms with E-state index in [1.165, 1.54) is 5.56 Å². The Labute approximate surface area is 109 Å². The van der Waals surface area contributed by atoms with Gasteiger partial charge in [-0.15, -0.1) is 0 Å². The summed E-state index contributed by atoms with van der Waals surface area (Å²) in [5.41, 5.74) is 2.77. The molecule has 18 heavy (non-hydrogen) atoms. The van der Waals surface area contributed by atoms with Gasteiger partial charge in [0.2, 0.25) is 0 Å². The molecule has 1 heterocycles. The van der Waals surface area contributed by atoms with E-state index in [1.54, 1.807) is 0 Å². The van der Waals surface area contributed by atoms with Gasteiger partial charge in [-0.3, -0.25) is 4.90 Å². The second-order valence-corrected chi connectivity index (χ2v) is 5.10. The number of halogens is 1. The molecule has 0 saturated carbocycles. The van der Waals surface area contributed by atoms with Gasteiger partial charge in [0.15, 0.2) is 0 Å². The highest BCUT2D eigenvalue weighted by Crippen LogP contribution is 2.16. The molecule has 0 unspecified atom stereocenters. The maximum absolute atomic E-state index is 13.5. The van der Waals surface area contributed by atoms with E-state index in [1.807, 2.05) is 26.0 Å². The van der Waals surface area contributed by atoms with E-state index in [2.05, 4.69) is 4.90 Å². The molecule has 0 aromatic heterocycles. The van der Waals surface area contributed by atoms with Crippen LogP contribution < -0.4 is 0 Å². The monoisotopic (exact) mass is 251 g/mol. The molecule has 3 heteroatoms. The summed E-state index contributed by atoms with van der Waals surface area (Å²) in [4.78, 5) is 2.44. The van der Waals surface area contributed by atoms with Crippen molar-refractivity contribution in [1.82, 2.24) is 4.90 Å². The molecule has 1 aliphatic heterocycles. The van der Waals surface area contributed by atoms with E-state index in [0.717, 1.165) is 56.8 Å². The first-order chi connectivity index (χ1) is 8.66. The number of ether oxygens (including phenoxy) is 1. The summed E-state index contributed by atoms with van der Waals surface area (Å²) in [5.74, 6) is -0.0630. The first kappa shape index (κ1) is 13.5. The zero-order valence-corrected chi connectivity index (χ0v) is 11.3. The molecule has 1 aliphatic rings.